The van der Waals surface area contributed by atoms with Crippen molar-refractivity contribution in [2.75, 3.05) is 4.90 Å². The van der Waals surface area contributed by atoms with Crippen molar-refractivity contribution in [1.82, 2.24) is 0 Å². The Kier molecular flexibility index (Phi) is 5.88. The highest BCUT2D eigenvalue weighted by Gasteiger charge is 2.57. The average Bonchev–Trinajstić information content (AvgIpc) is 3.24. The van der Waals surface area contributed by atoms with Crippen molar-refractivity contribution in [3.05, 3.63) is 110 Å². The van der Waals surface area contributed by atoms with Crippen LogP contribution in [0.25, 0.3) is 10.8 Å². The summed E-state index contributed by atoms with van der Waals surface area (Å²) in [5.41, 5.74) is 1.56. The third kappa shape index (κ3) is 3.68. The van der Waals surface area contributed by atoms with E-state index in [-0.39, 0.29) is 57.2 Å². The number of Topliss-reactive ketones (excluding diaryl/α,β-unsaturated/α-hetero) is 1. The van der Waals surface area contributed by atoms with Crippen LogP contribution in [0.4, 0.5) is 11.4 Å². The van der Waals surface area contributed by atoms with E-state index in [2.05, 4.69) is 15.9 Å². The Morgan fingerprint density at radius 3 is 2.52 bits per heavy atom. The molecule has 1 fully saturated rings. The second kappa shape index (κ2) is 9.42. The Hall–Kier alpha value is -4.70. The largest absolute Gasteiger partial charge is 0.508 e. The molecule has 1 heterocycles. The first-order chi connectivity index (χ1) is 20.2. The molecule has 0 radical (unpaired) electrons. The molecule has 10 heteroatoms. The number of non-ortho nitro benzene ring substituents is 1. The number of nitro benzene ring substituents is 1. The molecule has 1 aliphatic heterocycles. The van der Waals surface area contributed by atoms with Gasteiger partial charge in [-0.25, -0.2) is 4.90 Å². The summed E-state index contributed by atoms with van der Waals surface area (Å²) in [7, 11) is 0. The summed E-state index contributed by atoms with van der Waals surface area (Å²) in [4.78, 5) is 66.6. The number of allylic oxidation sites excluding steroid dienone is 6. The first-order valence-corrected chi connectivity index (χ1v) is 14.2. The van der Waals surface area contributed by atoms with Gasteiger partial charge in [0, 0.05) is 40.8 Å². The lowest BCUT2D eigenvalue weighted by Gasteiger charge is -2.42. The molecule has 9 nitrogen and oxygen atoms in total. The maximum Gasteiger partial charge on any atom is 0.271 e. The minimum Gasteiger partial charge on any atom is -0.508 e. The van der Waals surface area contributed by atoms with Crippen molar-refractivity contribution < 1.29 is 29.2 Å². The molecule has 0 spiro atoms. The number of carbonyl (C=O) groups excluding carboxylic acids is 4. The minimum atomic E-state index is -0.849. The molecule has 0 saturated carbocycles. The molecule has 0 bridgehead atoms. The number of halogens is 1. The second-order valence-electron chi connectivity index (χ2n) is 10.9. The molecule has 208 valence electrons. The number of carbonyl (C=O) groups is 4. The Morgan fingerprint density at radius 1 is 0.952 bits per heavy atom. The Bertz CT molecular complexity index is 1910. The van der Waals surface area contributed by atoms with Crippen LogP contribution in [0.1, 0.15) is 24.3 Å². The van der Waals surface area contributed by atoms with Crippen LogP contribution in [0, 0.1) is 27.9 Å². The van der Waals surface area contributed by atoms with Crippen molar-refractivity contribution >= 4 is 61.5 Å². The van der Waals surface area contributed by atoms with Gasteiger partial charge in [0.05, 0.1) is 26.9 Å². The predicted octanol–water partition coefficient (Wildman–Crippen LogP) is 5.42. The standard InChI is InChI=1S/C32H21BrN2O7/c33-23-14-25(37)28-22(30(23)38)13-21-19(29(28)27-18-7-2-1-4-15(18)8-11-24(27)36)9-10-20-26(21)32(40)34(31(20)39)16-5-3-6-17(12-16)35(41)42/h1-9,11-12,14,20-21,26,29,36H,10,13H2. The summed E-state index contributed by atoms with van der Waals surface area (Å²) >= 11 is 3.22. The monoisotopic (exact) mass is 624 g/mol. The van der Waals surface area contributed by atoms with E-state index in [0.29, 0.717) is 16.5 Å². The van der Waals surface area contributed by atoms with Crippen molar-refractivity contribution in [3.8, 4) is 5.75 Å². The van der Waals surface area contributed by atoms with E-state index in [4.69, 9.17) is 0 Å². The molecule has 3 aliphatic carbocycles. The number of ketones is 2. The van der Waals surface area contributed by atoms with Gasteiger partial charge in [0.15, 0.2) is 11.6 Å². The quantitative estimate of drug-likeness (QED) is 0.135. The number of nitro groups is 1. The third-order valence-electron chi connectivity index (χ3n) is 8.87. The summed E-state index contributed by atoms with van der Waals surface area (Å²) in [5.74, 6) is -4.75. The Morgan fingerprint density at radius 2 is 1.74 bits per heavy atom. The average molecular weight is 625 g/mol. The normalized spacial score (nSPS) is 25.2. The van der Waals surface area contributed by atoms with Gasteiger partial charge in [0.1, 0.15) is 5.75 Å². The lowest BCUT2D eigenvalue weighted by atomic mass is 9.59. The molecule has 3 aromatic rings. The molecule has 3 aromatic carbocycles. The van der Waals surface area contributed by atoms with E-state index in [1.54, 1.807) is 12.1 Å². The Balaban J connectivity index is 1.41. The van der Waals surface area contributed by atoms with Crippen molar-refractivity contribution in [3.63, 3.8) is 0 Å². The number of hydrogen-bond donors (Lipinski definition) is 1. The summed E-state index contributed by atoms with van der Waals surface area (Å²) in [6.07, 6.45) is 3.39. The zero-order valence-corrected chi connectivity index (χ0v) is 23.4. The van der Waals surface area contributed by atoms with Gasteiger partial charge in [-0.2, -0.15) is 0 Å². The molecule has 0 aromatic heterocycles. The topological polar surface area (TPSA) is 135 Å². The fourth-order valence-corrected chi connectivity index (χ4v) is 7.57. The number of amides is 2. The molecule has 4 atom stereocenters. The molecule has 2 amide bonds. The molecule has 1 saturated heterocycles. The van der Waals surface area contributed by atoms with Gasteiger partial charge in [-0.15, -0.1) is 0 Å². The predicted molar refractivity (Wildman–Crippen MR) is 156 cm³/mol. The molecule has 1 N–H and O–H groups in total. The number of aromatic hydroxyl groups is 1. The molecular formula is C32H21BrN2O7. The first kappa shape index (κ1) is 26.2. The summed E-state index contributed by atoms with van der Waals surface area (Å²) in [5, 5.41) is 24.2. The van der Waals surface area contributed by atoms with Gasteiger partial charge in [0.25, 0.3) is 5.69 Å². The fraction of sp³-hybridized carbons (Fsp3) is 0.188. The van der Waals surface area contributed by atoms with Crippen LogP contribution in [0.5, 0.6) is 5.75 Å². The molecular weight excluding hydrogens is 604 g/mol. The fourth-order valence-electron chi connectivity index (χ4n) is 7.13. The van der Waals surface area contributed by atoms with E-state index in [1.165, 1.54) is 30.3 Å². The highest BCUT2D eigenvalue weighted by atomic mass is 79.9. The van der Waals surface area contributed by atoms with Crippen LogP contribution < -0.4 is 4.90 Å². The van der Waals surface area contributed by atoms with Gasteiger partial charge >= 0.3 is 0 Å². The highest BCUT2D eigenvalue weighted by molar-refractivity contribution is 9.12. The number of fused-ring (bicyclic) bond motifs is 4. The van der Waals surface area contributed by atoms with Gasteiger partial charge < -0.3 is 5.11 Å². The number of nitrogens with zero attached hydrogens (tertiary/aromatic N) is 2. The molecule has 7 rings (SSSR count). The SMILES string of the molecule is O=C1C=C(Br)C(=O)C2=C1C(c1c(O)ccc3ccccc13)C1=CCC3C(=O)N(c4cccc([N+](=O)[O-])c4)C(=O)C3C1C2. The molecule has 4 aliphatic rings. The van der Waals surface area contributed by atoms with E-state index < -0.39 is 40.4 Å². The van der Waals surface area contributed by atoms with E-state index in [9.17, 15) is 34.4 Å². The number of rotatable bonds is 3. The number of benzene rings is 3. The van der Waals surface area contributed by atoms with Gasteiger partial charge in [0.2, 0.25) is 11.8 Å². The number of phenolic OH excluding ortho intramolecular Hbond substituents is 1. The van der Waals surface area contributed by atoms with E-state index in [0.717, 1.165) is 10.3 Å². The zero-order valence-electron chi connectivity index (χ0n) is 21.8. The number of imide groups is 1. The summed E-state index contributed by atoms with van der Waals surface area (Å²) in [6.45, 7) is 0. The second-order valence-corrected chi connectivity index (χ2v) is 11.8. The van der Waals surface area contributed by atoms with Crippen LogP contribution in [0.3, 0.4) is 0 Å². The lowest BCUT2D eigenvalue weighted by molar-refractivity contribution is -0.384. The van der Waals surface area contributed by atoms with E-state index in [1.807, 2.05) is 30.3 Å². The number of anilines is 1. The van der Waals surface area contributed by atoms with Crippen LogP contribution >= 0.6 is 15.9 Å². The highest BCUT2D eigenvalue weighted by Crippen LogP contribution is 2.57. The first-order valence-electron chi connectivity index (χ1n) is 13.4. The van der Waals surface area contributed by atoms with Crippen LogP contribution in [0.15, 0.2) is 94.0 Å². The smallest absolute Gasteiger partial charge is 0.271 e. The zero-order chi connectivity index (χ0) is 29.4. The van der Waals surface area contributed by atoms with Crippen LogP contribution in [-0.4, -0.2) is 33.4 Å². The van der Waals surface area contributed by atoms with Crippen molar-refractivity contribution in [2.45, 2.75) is 18.8 Å². The molecule has 42 heavy (non-hydrogen) atoms. The van der Waals surface area contributed by atoms with Crippen molar-refractivity contribution in [1.29, 1.82) is 0 Å². The van der Waals surface area contributed by atoms with Crippen molar-refractivity contribution in [2.24, 2.45) is 17.8 Å². The summed E-state index contributed by atoms with van der Waals surface area (Å²) < 4.78 is 0.110. The van der Waals surface area contributed by atoms with Gasteiger partial charge in [-0.3, -0.25) is 29.3 Å². The maximum atomic E-state index is 14.0. The molecule has 4 unspecified atom stereocenters. The van der Waals surface area contributed by atoms with Crippen LogP contribution in [-0.2, 0) is 19.2 Å². The number of hydrogen-bond acceptors (Lipinski definition) is 7. The third-order valence-corrected chi connectivity index (χ3v) is 9.46. The van der Waals surface area contributed by atoms with Crippen LogP contribution in [0.2, 0.25) is 0 Å². The minimum absolute atomic E-state index is 0.0462. The Labute approximate surface area is 247 Å². The van der Waals surface area contributed by atoms with Gasteiger partial charge in [-0.1, -0.05) is 48.0 Å². The lowest BCUT2D eigenvalue weighted by Crippen LogP contribution is -2.39. The van der Waals surface area contributed by atoms with E-state index >= 15 is 0 Å². The number of phenols is 1. The maximum absolute atomic E-state index is 14.0. The summed E-state index contributed by atoms with van der Waals surface area (Å²) in [6, 6.07) is 16.1. The van der Waals surface area contributed by atoms with Gasteiger partial charge in [-0.05, 0) is 57.6 Å².